The topological polar surface area (TPSA) is 108 Å². The van der Waals surface area contributed by atoms with Crippen LogP contribution in [0, 0.1) is 0 Å². The second-order valence-corrected chi connectivity index (χ2v) is 3.75. The number of hydrogen-bond donors (Lipinski definition) is 5. The number of hydrazine groups is 1. The summed E-state index contributed by atoms with van der Waals surface area (Å²) >= 11 is 0. The molecule has 0 saturated carbocycles. The predicted octanol–water partition coefficient (Wildman–Crippen LogP) is 0.910. The van der Waals surface area contributed by atoms with Crippen LogP contribution in [0.15, 0.2) is 36.4 Å². The van der Waals surface area contributed by atoms with Crippen LogP contribution in [0.1, 0.15) is 0 Å². The molecule has 7 nitrogen and oxygen atoms in total. The Labute approximate surface area is 110 Å². The molecule has 0 aliphatic rings. The fraction of sp³-hybridized carbons (Fsp3) is 0.167. The molecule has 0 bridgehead atoms. The van der Waals surface area contributed by atoms with E-state index < -0.39 is 0 Å². The minimum Gasteiger partial charge on any atom is -0.395 e. The van der Waals surface area contributed by atoms with Gasteiger partial charge in [0.05, 0.1) is 6.61 Å². The lowest BCUT2D eigenvalue weighted by atomic mass is 10.3. The van der Waals surface area contributed by atoms with Crippen LogP contribution in [0.3, 0.4) is 0 Å². The molecule has 1 heterocycles. The number of nitrogens with zero attached hydrogens (tertiary/aromatic N) is 2. The molecule has 0 spiro atoms. The first-order valence-electron chi connectivity index (χ1n) is 5.84. The van der Waals surface area contributed by atoms with E-state index in [9.17, 15) is 0 Å². The van der Waals surface area contributed by atoms with E-state index in [1.165, 1.54) is 0 Å². The van der Waals surface area contributed by atoms with Crippen molar-refractivity contribution in [1.29, 1.82) is 0 Å². The highest BCUT2D eigenvalue weighted by atomic mass is 16.3. The number of rotatable bonds is 6. The molecule has 0 aliphatic carbocycles. The number of anilines is 4. The molecule has 0 saturated heterocycles. The zero-order chi connectivity index (χ0) is 13.5. The van der Waals surface area contributed by atoms with Gasteiger partial charge in [-0.25, -0.2) is 5.84 Å². The molecule has 0 aliphatic heterocycles. The van der Waals surface area contributed by atoms with Crippen molar-refractivity contribution in [3.05, 3.63) is 36.4 Å². The third kappa shape index (κ3) is 3.80. The first-order chi connectivity index (χ1) is 9.31. The van der Waals surface area contributed by atoms with Crippen molar-refractivity contribution >= 4 is 23.3 Å². The van der Waals surface area contributed by atoms with E-state index in [-0.39, 0.29) is 6.61 Å². The summed E-state index contributed by atoms with van der Waals surface area (Å²) in [4.78, 5) is 8.47. The lowest BCUT2D eigenvalue weighted by molar-refractivity contribution is 0.311. The Balaban J connectivity index is 2.19. The lowest BCUT2D eigenvalue weighted by Crippen LogP contribution is -2.13. The Morgan fingerprint density at radius 2 is 1.84 bits per heavy atom. The van der Waals surface area contributed by atoms with Crippen molar-refractivity contribution in [3.8, 4) is 0 Å². The molecule has 0 fully saturated rings. The molecule has 0 atom stereocenters. The summed E-state index contributed by atoms with van der Waals surface area (Å²) < 4.78 is 0. The van der Waals surface area contributed by atoms with Crippen LogP contribution in [0.5, 0.6) is 0 Å². The molecule has 19 heavy (non-hydrogen) atoms. The number of para-hydroxylation sites is 1. The van der Waals surface area contributed by atoms with Crippen molar-refractivity contribution in [2.45, 2.75) is 0 Å². The molecule has 0 radical (unpaired) electrons. The Kier molecular flexibility index (Phi) is 4.49. The van der Waals surface area contributed by atoms with Gasteiger partial charge in [0, 0.05) is 18.3 Å². The fourth-order valence-corrected chi connectivity index (χ4v) is 1.50. The summed E-state index contributed by atoms with van der Waals surface area (Å²) in [5.74, 6) is 6.84. The SMILES string of the molecule is NNc1cc(NCCO)nc(Nc2ccccc2)n1. The van der Waals surface area contributed by atoms with E-state index >= 15 is 0 Å². The predicted molar refractivity (Wildman–Crippen MR) is 75.1 cm³/mol. The fourth-order valence-electron chi connectivity index (χ4n) is 1.50. The molecule has 0 amide bonds. The molecule has 0 unspecified atom stereocenters. The van der Waals surface area contributed by atoms with Crippen LogP contribution >= 0.6 is 0 Å². The van der Waals surface area contributed by atoms with Crippen molar-refractivity contribution in [1.82, 2.24) is 9.97 Å². The number of benzene rings is 1. The van der Waals surface area contributed by atoms with Gasteiger partial charge in [-0.1, -0.05) is 18.2 Å². The van der Waals surface area contributed by atoms with E-state index in [1.807, 2.05) is 30.3 Å². The Bertz CT molecular complexity index is 519. The van der Waals surface area contributed by atoms with Crippen LogP contribution in [0.25, 0.3) is 0 Å². The van der Waals surface area contributed by atoms with Crippen molar-refractivity contribution in [2.75, 3.05) is 29.2 Å². The van der Waals surface area contributed by atoms with Crippen molar-refractivity contribution in [3.63, 3.8) is 0 Å². The van der Waals surface area contributed by atoms with Gasteiger partial charge in [0.15, 0.2) is 0 Å². The summed E-state index contributed by atoms with van der Waals surface area (Å²) in [7, 11) is 0. The number of hydrogen-bond acceptors (Lipinski definition) is 7. The molecular formula is C12H16N6O. The maximum atomic E-state index is 8.80. The van der Waals surface area contributed by atoms with E-state index in [0.29, 0.717) is 24.1 Å². The van der Waals surface area contributed by atoms with E-state index in [2.05, 4.69) is 26.0 Å². The van der Waals surface area contributed by atoms with Crippen LogP contribution < -0.4 is 21.9 Å². The Morgan fingerprint density at radius 1 is 1.11 bits per heavy atom. The summed E-state index contributed by atoms with van der Waals surface area (Å²) in [5, 5.41) is 14.8. The van der Waals surface area contributed by atoms with Gasteiger partial charge in [0.1, 0.15) is 11.6 Å². The van der Waals surface area contributed by atoms with Gasteiger partial charge in [0.2, 0.25) is 5.95 Å². The molecule has 1 aromatic heterocycles. The van der Waals surface area contributed by atoms with Gasteiger partial charge in [-0.05, 0) is 12.1 Å². The third-order valence-electron chi connectivity index (χ3n) is 2.32. The van der Waals surface area contributed by atoms with Gasteiger partial charge in [-0.2, -0.15) is 9.97 Å². The van der Waals surface area contributed by atoms with Gasteiger partial charge >= 0.3 is 0 Å². The van der Waals surface area contributed by atoms with E-state index in [4.69, 9.17) is 10.9 Å². The van der Waals surface area contributed by atoms with Crippen LogP contribution in [0.4, 0.5) is 23.3 Å². The summed E-state index contributed by atoms with van der Waals surface area (Å²) in [5.41, 5.74) is 3.36. The normalized spacial score (nSPS) is 10.0. The van der Waals surface area contributed by atoms with Crippen molar-refractivity contribution < 1.29 is 5.11 Å². The molecule has 2 rings (SSSR count). The largest absolute Gasteiger partial charge is 0.395 e. The van der Waals surface area contributed by atoms with Crippen LogP contribution in [0.2, 0.25) is 0 Å². The van der Waals surface area contributed by atoms with E-state index in [1.54, 1.807) is 6.07 Å². The first kappa shape index (κ1) is 13.1. The first-order valence-corrected chi connectivity index (χ1v) is 5.84. The lowest BCUT2D eigenvalue weighted by Gasteiger charge is -2.10. The number of nitrogen functional groups attached to an aromatic ring is 1. The zero-order valence-corrected chi connectivity index (χ0v) is 10.3. The van der Waals surface area contributed by atoms with Gasteiger partial charge < -0.3 is 21.2 Å². The number of aromatic nitrogens is 2. The summed E-state index contributed by atoms with van der Waals surface area (Å²) in [6.45, 7) is 0.433. The van der Waals surface area contributed by atoms with Crippen molar-refractivity contribution in [2.24, 2.45) is 5.84 Å². The highest BCUT2D eigenvalue weighted by Crippen LogP contribution is 2.17. The zero-order valence-electron chi connectivity index (χ0n) is 10.3. The third-order valence-corrected chi connectivity index (χ3v) is 2.32. The second-order valence-electron chi connectivity index (χ2n) is 3.75. The number of aliphatic hydroxyl groups is 1. The minimum absolute atomic E-state index is 0.0246. The molecule has 6 N–H and O–H groups in total. The molecular weight excluding hydrogens is 244 g/mol. The average Bonchev–Trinajstić information content (AvgIpc) is 2.46. The summed E-state index contributed by atoms with van der Waals surface area (Å²) in [6.07, 6.45) is 0. The Hall–Kier alpha value is -2.38. The molecule has 2 aromatic rings. The quantitative estimate of drug-likeness (QED) is 0.388. The van der Waals surface area contributed by atoms with E-state index in [0.717, 1.165) is 5.69 Å². The standard InChI is InChI=1S/C12H16N6O/c13-18-11-8-10(14-6-7-19)16-12(17-11)15-9-4-2-1-3-5-9/h1-5,8,19H,6-7,13H2,(H3,14,15,16,17,18). The van der Waals surface area contributed by atoms with Crippen LogP contribution in [-0.4, -0.2) is 28.2 Å². The highest BCUT2D eigenvalue weighted by Gasteiger charge is 2.04. The minimum atomic E-state index is 0.0246. The van der Waals surface area contributed by atoms with Crippen LogP contribution in [-0.2, 0) is 0 Å². The number of nitrogens with two attached hydrogens (primary N) is 1. The van der Waals surface area contributed by atoms with Gasteiger partial charge in [0.25, 0.3) is 0 Å². The maximum absolute atomic E-state index is 8.80. The maximum Gasteiger partial charge on any atom is 0.231 e. The second kappa shape index (κ2) is 6.53. The van der Waals surface area contributed by atoms with Gasteiger partial charge in [-0.3, -0.25) is 0 Å². The van der Waals surface area contributed by atoms with Gasteiger partial charge in [-0.15, -0.1) is 0 Å². The monoisotopic (exact) mass is 260 g/mol. The molecule has 1 aromatic carbocycles. The number of nitrogens with one attached hydrogen (secondary N) is 3. The molecule has 7 heteroatoms. The highest BCUT2D eigenvalue weighted by molar-refractivity contribution is 5.58. The smallest absolute Gasteiger partial charge is 0.231 e. The molecule has 100 valence electrons. The Morgan fingerprint density at radius 3 is 2.53 bits per heavy atom. The average molecular weight is 260 g/mol. The summed E-state index contributed by atoms with van der Waals surface area (Å²) in [6, 6.07) is 11.2. The number of aliphatic hydroxyl groups excluding tert-OH is 1.